The number of allylic oxidation sites excluding steroid dienone is 1. The Hall–Kier alpha value is -1.41. The van der Waals surface area contributed by atoms with Crippen LogP contribution in [0, 0.1) is 5.92 Å². The molecule has 0 bridgehead atoms. The highest BCUT2D eigenvalue weighted by atomic mass is 16.3. The van der Waals surface area contributed by atoms with Crippen LogP contribution in [0.3, 0.4) is 0 Å². The van der Waals surface area contributed by atoms with Crippen molar-refractivity contribution in [1.29, 1.82) is 0 Å². The van der Waals surface area contributed by atoms with Gasteiger partial charge in [-0.1, -0.05) is 69.7 Å². The Labute approximate surface area is 148 Å². The van der Waals surface area contributed by atoms with Gasteiger partial charge in [0, 0.05) is 6.21 Å². The highest BCUT2D eigenvalue weighted by molar-refractivity contribution is 5.67. The first-order valence-electron chi connectivity index (χ1n) is 9.64. The Morgan fingerprint density at radius 2 is 1.92 bits per heavy atom. The molecule has 1 saturated carbocycles. The molecule has 1 N–H and O–H groups in total. The van der Waals surface area contributed by atoms with Gasteiger partial charge in [-0.2, -0.15) is 0 Å². The maximum Gasteiger partial charge on any atom is 0.0891 e. The molecule has 2 rings (SSSR count). The fourth-order valence-electron chi connectivity index (χ4n) is 3.00. The van der Waals surface area contributed by atoms with Crippen LogP contribution in [0.2, 0.25) is 0 Å². The number of aliphatic hydroxyl groups is 1. The van der Waals surface area contributed by atoms with Gasteiger partial charge >= 0.3 is 0 Å². The van der Waals surface area contributed by atoms with E-state index in [-0.39, 0.29) is 0 Å². The lowest BCUT2D eigenvalue weighted by atomic mass is 10.00. The second-order valence-corrected chi connectivity index (χ2v) is 6.69. The molecule has 134 valence electrons. The number of hydrogen-bond acceptors (Lipinski definition) is 2. The van der Waals surface area contributed by atoms with Crippen molar-refractivity contribution in [2.45, 2.75) is 77.2 Å². The van der Waals surface area contributed by atoms with Gasteiger partial charge in [0.15, 0.2) is 0 Å². The standard InChI is InChI=1S/C15H21NO.C7H14/c17-15(11-10-13-6-4-5-7-13)12-16-14-8-2-1-3-9-14;1-3-5-7-6-4-2/h1-3,8-9,12-13,15,17H,4-7,10-11H2;3H,1,4-7H2,2H3. The van der Waals surface area contributed by atoms with E-state index in [1.807, 2.05) is 36.4 Å². The van der Waals surface area contributed by atoms with Gasteiger partial charge in [-0.3, -0.25) is 4.99 Å². The molecule has 24 heavy (non-hydrogen) atoms. The first-order chi connectivity index (χ1) is 11.8. The third kappa shape index (κ3) is 10.4. The molecule has 1 atom stereocenters. The molecule has 0 radical (unpaired) electrons. The number of benzene rings is 1. The van der Waals surface area contributed by atoms with Crippen LogP contribution >= 0.6 is 0 Å². The van der Waals surface area contributed by atoms with Crippen molar-refractivity contribution < 1.29 is 5.11 Å². The molecule has 1 aromatic carbocycles. The fraction of sp³-hybridized carbons (Fsp3) is 0.591. The normalized spacial score (nSPS) is 15.9. The smallest absolute Gasteiger partial charge is 0.0891 e. The third-order valence-electron chi connectivity index (χ3n) is 4.51. The van der Waals surface area contributed by atoms with Crippen molar-refractivity contribution >= 4 is 11.9 Å². The van der Waals surface area contributed by atoms with Crippen LogP contribution in [0.4, 0.5) is 5.69 Å². The van der Waals surface area contributed by atoms with Crippen molar-refractivity contribution in [3.8, 4) is 0 Å². The Morgan fingerprint density at radius 3 is 2.54 bits per heavy atom. The van der Waals surface area contributed by atoms with Crippen molar-refractivity contribution in [3.63, 3.8) is 0 Å². The molecule has 1 aromatic rings. The van der Waals surface area contributed by atoms with E-state index in [0.29, 0.717) is 0 Å². The van der Waals surface area contributed by atoms with Crippen molar-refractivity contribution in [2.75, 3.05) is 0 Å². The molecule has 0 amide bonds. The molecule has 0 saturated heterocycles. The van der Waals surface area contributed by atoms with Crippen molar-refractivity contribution in [1.82, 2.24) is 0 Å². The lowest BCUT2D eigenvalue weighted by Gasteiger charge is -2.10. The summed E-state index contributed by atoms with van der Waals surface area (Å²) in [5.41, 5.74) is 0.910. The molecular formula is C22H35NO. The highest BCUT2D eigenvalue weighted by Gasteiger charge is 2.15. The largest absolute Gasteiger partial charge is 0.387 e. The zero-order valence-corrected chi connectivity index (χ0v) is 15.4. The van der Waals surface area contributed by atoms with E-state index >= 15 is 0 Å². The number of nitrogens with zero attached hydrogens (tertiary/aromatic N) is 1. The van der Waals surface area contributed by atoms with Gasteiger partial charge < -0.3 is 5.11 Å². The van der Waals surface area contributed by atoms with Gasteiger partial charge in [0.1, 0.15) is 0 Å². The maximum absolute atomic E-state index is 9.82. The second kappa shape index (κ2) is 14.0. The molecular weight excluding hydrogens is 294 g/mol. The number of aliphatic hydroxyl groups excluding tert-OH is 1. The summed E-state index contributed by atoms with van der Waals surface area (Å²) < 4.78 is 0. The zero-order valence-electron chi connectivity index (χ0n) is 15.4. The lowest BCUT2D eigenvalue weighted by molar-refractivity contribution is 0.222. The summed E-state index contributed by atoms with van der Waals surface area (Å²) >= 11 is 0. The Kier molecular flexibility index (Phi) is 12.0. The molecule has 1 fully saturated rings. The fourth-order valence-corrected chi connectivity index (χ4v) is 3.00. The Balaban J connectivity index is 0.000000351. The molecule has 1 aliphatic rings. The summed E-state index contributed by atoms with van der Waals surface area (Å²) in [5.74, 6) is 0.842. The van der Waals surface area contributed by atoms with E-state index in [9.17, 15) is 5.11 Å². The highest BCUT2D eigenvalue weighted by Crippen LogP contribution is 2.28. The number of hydrogen-bond donors (Lipinski definition) is 1. The van der Waals surface area contributed by atoms with Gasteiger partial charge in [-0.05, 0) is 43.7 Å². The minimum atomic E-state index is -0.393. The van der Waals surface area contributed by atoms with Crippen LogP contribution in [0.1, 0.15) is 71.1 Å². The molecule has 1 unspecified atom stereocenters. The van der Waals surface area contributed by atoms with Crippen LogP contribution < -0.4 is 0 Å². The minimum Gasteiger partial charge on any atom is -0.387 e. The van der Waals surface area contributed by atoms with Gasteiger partial charge in [-0.25, -0.2) is 0 Å². The first-order valence-corrected chi connectivity index (χ1v) is 9.64. The number of rotatable bonds is 9. The summed E-state index contributed by atoms with van der Waals surface area (Å²) in [7, 11) is 0. The van der Waals surface area contributed by atoms with E-state index in [2.05, 4.69) is 18.5 Å². The third-order valence-corrected chi connectivity index (χ3v) is 4.51. The van der Waals surface area contributed by atoms with Crippen LogP contribution in [-0.4, -0.2) is 17.4 Å². The van der Waals surface area contributed by atoms with Gasteiger partial charge in [0.25, 0.3) is 0 Å². The van der Waals surface area contributed by atoms with E-state index in [0.717, 1.165) is 24.4 Å². The Morgan fingerprint density at radius 1 is 1.21 bits per heavy atom. The zero-order chi connectivity index (χ0) is 17.5. The predicted molar refractivity (Wildman–Crippen MR) is 106 cm³/mol. The summed E-state index contributed by atoms with van der Waals surface area (Å²) in [6.07, 6.45) is 15.9. The summed E-state index contributed by atoms with van der Waals surface area (Å²) in [6.45, 7) is 5.84. The average molecular weight is 330 g/mol. The van der Waals surface area contributed by atoms with Gasteiger partial charge in [0.2, 0.25) is 0 Å². The van der Waals surface area contributed by atoms with Gasteiger partial charge in [-0.15, -0.1) is 6.58 Å². The van der Waals surface area contributed by atoms with E-state index in [4.69, 9.17) is 0 Å². The van der Waals surface area contributed by atoms with Crippen molar-refractivity contribution in [2.24, 2.45) is 10.9 Å². The summed E-state index contributed by atoms with van der Waals surface area (Å²) in [6, 6.07) is 9.77. The second-order valence-electron chi connectivity index (χ2n) is 6.69. The molecule has 2 nitrogen and oxygen atoms in total. The topological polar surface area (TPSA) is 32.6 Å². The molecule has 1 aliphatic carbocycles. The summed E-state index contributed by atoms with van der Waals surface area (Å²) in [4.78, 5) is 4.28. The van der Waals surface area contributed by atoms with E-state index in [1.165, 1.54) is 51.4 Å². The van der Waals surface area contributed by atoms with Crippen LogP contribution in [0.25, 0.3) is 0 Å². The minimum absolute atomic E-state index is 0.393. The monoisotopic (exact) mass is 329 g/mol. The molecule has 2 heteroatoms. The van der Waals surface area contributed by atoms with Crippen LogP contribution in [-0.2, 0) is 0 Å². The van der Waals surface area contributed by atoms with Crippen LogP contribution in [0.5, 0.6) is 0 Å². The summed E-state index contributed by atoms with van der Waals surface area (Å²) in [5, 5.41) is 9.82. The van der Waals surface area contributed by atoms with Crippen LogP contribution in [0.15, 0.2) is 48.0 Å². The molecule has 0 spiro atoms. The van der Waals surface area contributed by atoms with E-state index < -0.39 is 6.10 Å². The quantitative estimate of drug-likeness (QED) is 0.314. The van der Waals surface area contributed by atoms with Gasteiger partial charge in [0.05, 0.1) is 11.8 Å². The predicted octanol–water partition coefficient (Wildman–Crippen LogP) is 6.47. The molecule has 0 aromatic heterocycles. The maximum atomic E-state index is 9.82. The number of para-hydroxylation sites is 1. The molecule has 0 heterocycles. The lowest BCUT2D eigenvalue weighted by Crippen LogP contribution is -2.09. The average Bonchev–Trinajstić information content (AvgIpc) is 3.14. The SMILES string of the molecule is C=CCCCCC.OC(C=Nc1ccccc1)CCC1CCCC1. The first kappa shape index (κ1) is 20.6. The number of unbranched alkanes of at least 4 members (excludes halogenated alkanes) is 3. The number of aliphatic imine (C=N–C) groups is 1. The van der Waals surface area contributed by atoms with Crippen molar-refractivity contribution in [3.05, 3.63) is 43.0 Å². The molecule has 0 aliphatic heterocycles. The Bertz CT molecular complexity index is 435. The van der Waals surface area contributed by atoms with E-state index in [1.54, 1.807) is 6.21 Å².